The Labute approximate surface area is 177 Å². The van der Waals surface area contributed by atoms with Gasteiger partial charge in [0.15, 0.2) is 0 Å². The van der Waals surface area contributed by atoms with Gasteiger partial charge in [-0.3, -0.25) is 4.98 Å². The molecule has 31 heavy (non-hydrogen) atoms. The van der Waals surface area contributed by atoms with Gasteiger partial charge in [0.2, 0.25) is 0 Å². The zero-order valence-electron chi connectivity index (χ0n) is 17.6. The highest BCUT2D eigenvalue weighted by molar-refractivity contribution is 6.05. The van der Waals surface area contributed by atoms with Gasteiger partial charge in [-0.15, -0.1) is 0 Å². The number of pyridine rings is 2. The Morgan fingerprint density at radius 3 is 2.61 bits per heavy atom. The standard InChI is InChI=1S/C23H21N5O3/c1-11(16-7-5-6-8-24-16)20-22-21(26-23(29)27-22)14-10-18(30-4)15(9-17(14)25-20)19-12(2)28-31-13(19)3/h5-11H,1-4H3,(H2,26,27,29)/t11-/m1/s1. The van der Waals surface area contributed by atoms with E-state index in [9.17, 15) is 4.79 Å². The van der Waals surface area contributed by atoms with Gasteiger partial charge in [-0.25, -0.2) is 9.78 Å². The molecule has 2 N–H and O–H groups in total. The van der Waals surface area contributed by atoms with Crippen LogP contribution in [0.25, 0.3) is 33.1 Å². The second kappa shape index (κ2) is 7.09. The minimum Gasteiger partial charge on any atom is -0.496 e. The number of methoxy groups -OCH3 is 1. The molecule has 0 fully saturated rings. The van der Waals surface area contributed by atoms with E-state index in [2.05, 4.69) is 20.1 Å². The molecule has 0 aliphatic carbocycles. The van der Waals surface area contributed by atoms with Crippen LogP contribution in [0, 0.1) is 13.8 Å². The average molecular weight is 415 g/mol. The maximum Gasteiger partial charge on any atom is 0.323 e. The van der Waals surface area contributed by atoms with E-state index in [1.54, 1.807) is 13.3 Å². The Morgan fingerprint density at radius 2 is 1.94 bits per heavy atom. The smallest absolute Gasteiger partial charge is 0.323 e. The van der Waals surface area contributed by atoms with Crippen molar-refractivity contribution >= 4 is 21.9 Å². The highest BCUT2D eigenvalue weighted by atomic mass is 16.5. The van der Waals surface area contributed by atoms with Crippen molar-refractivity contribution in [1.82, 2.24) is 25.1 Å². The van der Waals surface area contributed by atoms with Crippen molar-refractivity contribution in [3.8, 4) is 16.9 Å². The summed E-state index contributed by atoms with van der Waals surface area (Å²) in [6, 6.07) is 9.62. The lowest BCUT2D eigenvalue weighted by molar-refractivity contribution is 0.393. The number of hydrogen-bond acceptors (Lipinski definition) is 6. The van der Waals surface area contributed by atoms with Gasteiger partial charge in [0.1, 0.15) is 11.5 Å². The van der Waals surface area contributed by atoms with E-state index in [1.165, 1.54) is 0 Å². The molecule has 4 aromatic heterocycles. The molecule has 8 heteroatoms. The van der Waals surface area contributed by atoms with E-state index >= 15 is 0 Å². The van der Waals surface area contributed by atoms with Crippen molar-refractivity contribution in [2.75, 3.05) is 7.11 Å². The molecule has 0 radical (unpaired) electrons. The lowest BCUT2D eigenvalue weighted by Crippen LogP contribution is -2.04. The van der Waals surface area contributed by atoms with Gasteiger partial charge < -0.3 is 19.2 Å². The topological polar surface area (TPSA) is 110 Å². The van der Waals surface area contributed by atoms with Gasteiger partial charge in [0.05, 0.1) is 40.6 Å². The fraction of sp³-hybridized carbons (Fsp3) is 0.217. The van der Waals surface area contributed by atoms with Gasteiger partial charge in [0.25, 0.3) is 0 Å². The molecule has 1 atom stereocenters. The molecule has 0 aliphatic heterocycles. The average Bonchev–Trinajstić information content (AvgIpc) is 3.33. The normalized spacial score (nSPS) is 12.5. The minimum atomic E-state index is -0.285. The van der Waals surface area contributed by atoms with Crippen LogP contribution in [0.1, 0.15) is 35.7 Å². The van der Waals surface area contributed by atoms with Gasteiger partial charge in [-0.1, -0.05) is 18.1 Å². The number of hydrogen-bond donors (Lipinski definition) is 2. The van der Waals surface area contributed by atoms with Crippen LogP contribution in [0.5, 0.6) is 5.75 Å². The number of nitrogens with one attached hydrogen (secondary N) is 2. The summed E-state index contributed by atoms with van der Waals surface area (Å²) < 4.78 is 11.0. The predicted molar refractivity (Wildman–Crippen MR) is 117 cm³/mol. The van der Waals surface area contributed by atoms with E-state index in [1.807, 2.05) is 51.1 Å². The quantitative estimate of drug-likeness (QED) is 0.454. The van der Waals surface area contributed by atoms with Crippen molar-refractivity contribution in [3.63, 3.8) is 0 Å². The maximum atomic E-state index is 12.2. The number of aromatic nitrogens is 5. The molecule has 4 heterocycles. The molecule has 0 aliphatic rings. The molecule has 0 unspecified atom stereocenters. The Balaban J connectivity index is 1.84. The number of nitrogens with zero attached hydrogens (tertiary/aromatic N) is 3. The van der Waals surface area contributed by atoms with E-state index in [-0.39, 0.29) is 11.6 Å². The van der Waals surface area contributed by atoms with Crippen molar-refractivity contribution in [2.45, 2.75) is 26.7 Å². The number of rotatable bonds is 4. The van der Waals surface area contributed by atoms with Gasteiger partial charge in [-0.05, 0) is 38.1 Å². The molecule has 156 valence electrons. The molecule has 0 saturated carbocycles. The Kier molecular flexibility index (Phi) is 4.35. The summed E-state index contributed by atoms with van der Waals surface area (Å²) in [7, 11) is 1.62. The van der Waals surface area contributed by atoms with Crippen LogP contribution in [-0.2, 0) is 0 Å². The van der Waals surface area contributed by atoms with E-state index in [0.717, 1.165) is 39.1 Å². The Morgan fingerprint density at radius 1 is 1.13 bits per heavy atom. The number of benzene rings is 1. The van der Waals surface area contributed by atoms with Crippen molar-refractivity contribution in [3.05, 3.63) is 69.9 Å². The van der Waals surface area contributed by atoms with Crippen molar-refractivity contribution < 1.29 is 9.26 Å². The SMILES string of the molecule is COc1cc2c(cc1-c1c(C)noc1C)nc([C@H](C)c1ccccn1)c1[nH]c(=O)[nH]c12. The fourth-order valence-corrected chi connectivity index (χ4v) is 4.14. The first-order chi connectivity index (χ1) is 15.0. The molecule has 0 saturated heterocycles. The lowest BCUT2D eigenvalue weighted by atomic mass is 9.97. The fourth-order valence-electron chi connectivity index (χ4n) is 4.14. The first kappa shape index (κ1) is 19.0. The molecule has 0 amide bonds. The van der Waals surface area contributed by atoms with E-state index in [0.29, 0.717) is 22.5 Å². The van der Waals surface area contributed by atoms with Crippen LogP contribution in [0.3, 0.4) is 0 Å². The molecule has 1 aromatic carbocycles. The Hall–Kier alpha value is -3.94. The van der Waals surface area contributed by atoms with Crippen LogP contribution >= 0.6 is 0 Å². The lowest BCUT2D eigenvalue weighted by Gasteiger charge is -2.15. The number of aryl methyl sites for hydroxylation is 2. The predicted octanol–water partition coefficient (Wildman–Crippen LogP) is 4.23. The zero-order valence-corrected chi connectivity index (χ0v) is 17.6. The number of aromatic amines is 2. The number of ether oxygens (including phenoxy) is 1. The maximum absolute atomic E-state index is 12.2. The number of H-pyrrole nitrogens is 2. The summed E-state index contributed by atoms with van der Waals surface area (Å²) in [4.78, 5) is 27.5. The summed E-state index contributed by atoms with van der Waals surface area (Å²) in [6.45, 7) is 5.79. The van der Waals surface area contributed by atoms with Gasteiger partial charge in [-0.2, -0.15) is 0 Å². The Bertz CT molecular complexity index is 1460. The van der Waals surface area contributed by atoms with E-state index in [4.69, 9.17) is 14.2 Å². The highest BCUT2D eigenvalue weighted by Crippen LogP contribution is 2.39. The van der Waals surface area contributed by atoms with Gasteiger partial charge in [0, 0.05) is 28.8 Å². The summed E-state index contributed by atoms with van der Waals surface area (Å²) in [5.41, 5.74) is 5.91. The molecule has 0 bridgehead atoms. The summed E-state index contributed by atoms with van der Waals surface area (Å²) in [5, 5.41) is 4.86. The third-order valence-corrected chi connectivity index (χ3v) is 5.66. The monoisotopic (exact) mass is 415 g/mol. The van der Waals surface area contributed by atoms with Crippen LogP contribution in [0.4, 0.5) is 0 Å². The molecule has 8 nitrogen and oxygen atoms in total. The number of fused-ring (bicyclic) bond motifs is 3. The van der Waals surface area contributed by atoms with Gasteiger partial charge >= 0.3 is 5.69 Å². The summed E-state index contributed by atoms with van der Waals surface area (Å²) in [6.07, 6.45) is 1.75. The third kappa shape index (κ3) is 2.99. The molecule has 5 rings (SSSR count). The molecule has 5 aromatic rings. The third-order valence-electron chi connectivity index (χ3n) is 5.66. The molecule has 0 spiro atoms. The van der Waals surface area contributed by atoms with Crippen LogP contribution < -0.4 is 10.4 Å². The largest absolute Gasteiger partial charge is 0.496 e. The second-order valence-electron chi connectivity index (χ2n) is 7.57. The van der Waals surface area contributed by atoms with Crippen LogP contribution in [0.15, 0.2) is 45.8 Å². The first-order valence-electron chi connectivity index (χ1n) is 9.95. The molecular formula is C23H21N5O3. The summed E-state index contributed by atoms with van der Waals surface area (Å²) in [5.74, 6) is 1.23. The second-order valence-corrected chi connectivity index (χ2v) is 7.57. The highest BCUT2D eigenvalue weighted by Gasteiger charge is 2.22. The summed E-state index contributed by atoms with van der Waals surface area (Å²) >= 11 is 0. The molecular weight excluding hydrogens is 394 g/mol. The first-order valence-corrected chi connectivity index (χ1v) is 9.95. The van der Waals surface area contributed by atoms with Crippen molar-refractivity contribution in [1.29, 1.82) is 0 Å². The van der Waals surface area contributed by atoms with E-state index < -0.39 is 0 Å². The van der Waals surface area contributed by atoms with Crippen LogP contribution in [-0.4, -0.2) is 32.2 Å². The zero-order chi connectivity index (χ0) is 21.7. The van der Waals surface area contributed by atoms with Crippen molar-refractivity contribution in [2.24, 2.45) is 0 Å². The number of imidazole rings is 1. The minimum absolute atomic E-state index is 0.121. The van der Waals surface area contributed by atoms with Crippen LogP contribution in [0.2, 0.25) is 0 Å².